The molecule has 1 saturated heterocycles. The van der Waals surface area contributed by atoms with Gasteiger partial charge in [0.05, 0.1) is 13.1 Å². The van der Waals surface area contributed by atoms with Crippen LogP contribution in [0.1, 0.15) is 11.5 Å². The van der Waals surface area contributed by atoms with Crippen LogP contribution in [-0.2, 0) is 17.9 Å². The fraction of sp³-hybridized carbons (Fsp3) is 0.364. The standard InChI is InChI=1S/C22H26N6O2/c1-26(16-20-24-22(25-30-20)19-8-5-9-23-14-19)17-21(29)28-12-10-27(11-13-28)15-18-6-3-2-4-7-18/h2-9,14H,10-13,15-17H2,1H3. The van der Waals surface area contributed by atoms with Crippen LogP contribution in [0.5, 0.6) is 0 Å². The van der Waals surface area contributed by atoms with Gasteiger partial charge in [0, 0.05) is 50.7 Å². The lowest BCUT2D eigenvalue weighted by Gasteiger charge is -2.35. The van der Waals surface area contributed by atoms with Crippen molar-refractivity contribution in [3.05, 3.63) is 66.3 Å². The number of hydrogen-bond acceptors (Lipinski definition) is 7. The monoisotopic (exact) mass is 406 g/mol. The second-order valence-electron chi connectivity index (χ2n) is 7.57. The van der Waals surface area contributed by atoms with Gasteiger partial charge >= 0.3 is 0 Å². The van der Waals surface area contributed by atoms with E-state index in [1.807, 2.05) is 35.0 Å². The molecule has 0 spiro atoms. The van der Waals surface area contributed by atoms with Gasteiger partial charge in [-0.25, -0.2) is 0 Å². The number of carbonyl (C=O) groups excluding carboxylic acids is 1. The van der Waals surface area contributed by atoms with Gasteiger partial charge in [-0.05, 0) is 24.7 Å². The average Bonchev–Trinajstić information content (AvgIpc) is 3.24. The molecule has 0 radical (unpaired) electrons. The zero-order valence-electron chi connectivity index (χ0n) is 17.1. The van der Waals surface area contributed by atoms with Gasteiger partial charge in [0.25, 0.3) is 0 Å². The summed E-state index contributed by atoms with van der Waals surface area (Å²) >= 11 is 0. The van der Waals surface area contributed by atoms with Crippen LogP contribution >= 0.6 is 0 Å². The Morgan fingerprint density at radius 3 is 2.63 bits per heavy atom. The third kappa shape index (κ3) is 5.28. The third-order valence-electron chi connectivity index (χ3n) is 5.17. The van der Waals surface area contributed by atoms with Gasteiger partial charge in [0.2, 0.25) is 17.6 Å². The summed E-state index contributed by atoms with van der Waals surface area (Å²) in [5, 5.41) is 4.00. The van der Waals surface area contributed by atoms with Crippen LogP contribution in [0.2, 0.25) is 0 Å². The molecule has 2 aromatic heterocycles. The Labute approximate surface area is 176 Å². The van der Waals surface area contributed by atoms with E-state index in [0.717, 1.165) is 38.3 Å². The molecule has 0 N–H and O–H groups in total. The van der Waals surface area contributed by atoms with E-state index in [2.05, 4.69) is 44.3 Å². The highest BCUT2D eigenvalue weighted by molar-refractivity contribution is 5.78. The van der Waals surface area contributed by atoms with Crippen molar-refractivity contribution >= 4 is 5.91 Å². The molecule has 1 fully saturated rings. The predicted molar refractivity (Wildman–Crippen MR) is 112 cm³/mol. The van der Waals surface area contributed by atoms with Gasteiger partial charge < -0.3 is 9.42 Å². The summed E-state index contributed by atoms with van der Waals surface area (Å²) in [6.07, 6.45) is 3.39. The third-order valence-corrected chi connectivity index (χ3v) is 5.17. The van der Waals surface area contributed by atoms with Crippen LogP contribution in [0.3, 0.4) is 0 Å². The molecule has 1 aliphatic heterocycles. The first-order chi connectivity index (χ1) is 14.7. The molecule has 156 valence electrons. The SMILES string of the molecule is CN(CC(=O)N1CCN(Cc2ccccc2)CC1)Cc1nc(-c2cccnc2)no1. The molecule has 30 heavy (non-hydrogen) atoms. The topological polar surface area (TPSA) is 78.6 Å². The maximum atomic E-state index is 12.7. The maximum absolute atomic E-state index is 12.7. The molecule has 0 atom stereocenters. The van der Waals surface area contributed by atoms with Gasteiger partial charge in [0.15, 0.2) is 0 Å². The van der Waals surface area contributed by atoms with E-state index in [4.69, 9.17) is 4.52 Å². The van der Waals surface area contributed by atoms with Crippen LogP contribution < -0.4 is 0 Å². The van der Waals surface area contributed by atoms with Crippen molar-refractivity contribution in [1.29, 1.82) is 0 Å². The lowest BCUT2D eigenvalue weighted by Crippen LogP contribution is -2.50. The largest absolute Gasteiger partial charge is 0.339 e. The summed E-state index contributed by atoms with van der Waals surface area (Å²) in [4.78, 5) is 27.4. The van der Waals surface area contributed by atoms with E-state index in [9.17, 15) is 4.79 Å². The number of amides is 1. The van der Waals surface area contributed by atoms with Gasteiger partial charge in [-0.2, -0.15) is 4.98 Å². The molecule has 0 saturated carbocycles. The van der Waals surface area contributed by atoms with E-state index < -0.39 is 0 Å². The first-order valence-electron chi connectivity index (χ1n) is 10.1. The Bertz CT molecular complexity index is 939. The van der Waals surface area contributed by atoms with Crippen LogP contribution in [0.4, 0.5) is 0 Å². The Hall–Kier alpha value is -3.10. The molecular formula is C22H26N6O2. The van der Waals surface area contributed by atoms with E-state index in [1.54, 1.807) is 12.4 Å². The molecule has 8 nitrogen and oxygen atoms in total. The average molecular weight is 406 g/mol. The second kappa shape index (κ2) is 9.60. The number of benzene rings is 1. The Morgan fingerprint density at radius 2 is 1.90 bits per heavy atom. The van der Waals surface area contributed by atoms with Crippen molar-refractivity contribution in [3.63, 3.8) is 0 Å². The molecule has 4 rings (SSSR count). The van der Waals surface area contributed by atoms with E-state index in [1.165, 1.54) is 5.56 Å². The first kappa shape index (κ1) is 20.2. The number of pyridine rings is 1. The normalized spacial score (nSPS) is 14.9. The summed E-state index contributed by atoms with van der Waals surface area (Å²) in [7, 11) is 1.89. The fourth-order valence-electron chi connectivity index (χ4n) is 3.55. The van der Waals surface area contributed by atoms with Crippen molar-refractivity contribution in [2.75, 3.05) is 39.8 Å². The molecule has 1 aromatic carbocycles. The number of hydrogen-bond donors (Lipinski definition) is 0. The van der Waals surface area contributed by atoms with Crippen molar-refractivity contribution in [3.8, 4) is 11.4 Å². The van der Waals surface area contributed by atoms with Crippen LogP contribution in [-0.4, -0.2) is 75.5 Å². The van der Waals surface area contributed by atoms with Crippen molar-refractivity contribution in [1.82, 2.24) is 29.8 Å². The van der Waals surface area contributed by atoms with Crippen LogP contribution in [0.15, 0.2) is 59.4 Å². The van der Waals surface area contributed by atoms with Crippen LogP contribution in [0.25, 0.3) is 11.4 Å². The number of nitrogens with zero attached hydrogens (tertiary/aromatic N) is 6. The van der Waals surface area contributed by atoms with Crippen molar-refractivity contribution in [2.24, 2.45) is 0 Å². The second-order valence-corrected chi connectivity index (χ2v) is 7.57. The lowest BCUT2D eigenvalue weighted by atomic mass is 10.2. The van der Waals surface area contributed by atoms with Crippen molar-refractivity contribution in [2.45, 2.75) is 13.1 Å². The fourth-order valence-corrected chi connectivity index (χ4v) is 3.55. The van der Waals surface area contributed by atoms with Crippen LogP contribution in [0, 0.1) is 0 Å². The van der Waals surface area contributed by atoms with E-state index in [-0.39, 0.29) is 5.91 Å². The molecule has 3 heterocycles. The van der Waals surface area contributed by atoms with E-state index in [0.29, 0.717) is 24.8 Å². The zero-order valence-corrected chi connectivity index (χ0v) is 17.1. The molecule has 1 aliphatic rings. The van der Waals surface area contributed by atoms with Gasteiger partial charge in [0.1, 0.15) is 0 Å². The summed E-state index contributed by atoms with van der Waals surface area (Å²) in [5.74, 6) is 1.12. The number of rotatable bonds is 7. The summed E-state index contributed by atoms with van der Waals surface area (Å²) in [6, 6.07) is 14.2. The Balaban J connectivity index is 1.23. The highest BCUT2D eigenvalue weighted by Gasteiger charge is 2.22. The molecule has 1 amide bonds. The highest BCUT2D eigenvalue weighted by atomic mass is 16.5. The lowest BCUT2D eigenvalue weighted by molar-refractivity contribution is -0.134. The quantitative estimate of drug-likeness (QED) is 0.593. The number of carbonyl (C=O) groups is 1. The molecule has 3 aromatic rings. The molecule has 0 bridgehead atoms. The minimum Gasteiger partial charge on any atom is -0.339 e. The Morgan fingerprint density at radius 1 is 1.10 bits per heavy atom. The number of likely N-dealkylation sites (N-methyl/N-ethyl adjacent to an activating group) is 1. The molecular weight excluding hydrogens is 380 g/mol. The van der Waals surface area contributed by atoms with E-state index >= 15 is 0 Å². The predicted octanol–water partition coefficient (Wildman–Crippen LogP) is 1.91. The molecule has 8 heteroatoms. The van der Waals surface area contributed by atoms with Gasteiger partial charge in [-0.15, -0.1) is 0 Å². The maximum Gasteiger partial charge on any atom is 0.241 e. The minimum absolute atomic E-state index is 0.129. The highest BCUT2D eigenvalue weighted by Crippen LogP contribution is 2.14. The van der Waals surface area contributed by atoms with Gasteiger partial charge in [-0.3, -0.25) is 19.6 Å². The molecule has 0 unspecified atom stereocenters. The smallest absolute Gasteiger partial charge is 0.241 e. The van der Waals surface area contributed by atoms with Crippen molar-refractivity contribution < 1.29 is 9.32 Å². The zero-order chi connectivity index (χ0) is 20.8. The first-order valence-corrected chi connectivity index (χ1v) is 10.1. The summed E-state index contributed by atoms with van der Waals surface area (Å²) in [6.45, 7) is 4.97. The summed E-state index contributed by atoms with van der Waals surface area (Å²) in [5.41, 5.74) is 2.11. The Kier molecular flexibility index (Phi) is 6.46. The number of aromatic nitrogens is 3. The van der Waals surface area contributed by atoms with Gasteiger partial charge in [-0.1, -0.05) is 35.5 Å². The minimum atomic E-state index is 0.129. The summed E-state index contributed by atoms with van der Waals surface area (Å²) < 4.78 is 5.33. The number of piperazine rings is 1. The molecule has 0 aliphatic carbocycles.